The van der Waals surface area contributed by atoms with Gasteiger partial charge >= 0.3 is 5.97 Å². The molecule has 1 aromatic rings. The molecule has 1 aromatic carbocycles. The quantitative estimate of drug-likeness (QED) is 0.909. The van der Waals surface area contributed by atoms with Crippen LogP contribution in [-0.4, -0.2) is 27.9 Å². The van der Waals surface area contributed by atoms with Gasteiger partial charge in [0.1, 0.15) is 0 Å². The van der Waals surface area contributed by atoms with E-state index in [0.29, 0.717) is 12.8 Å². The maximum Gasteiger partial charge on any atom is 0.308 e. The normalized spacial score (nSPS) is 23.7. The van der Waals surface area contributed by atoms with Gasteiger partial charge in [-0.25, -0.2) is 0 Å². The monoisotopic (exact) mass is 261 g/mol. The van der Waals surface area contributed by atoms with E-state index in [0.717, 1.165) is 5.56 Å². The van der Waals surface area contributed by atoms with Crippen molar-refractivity contribution in [1.29, 1.82) is 0 Å². The molecule has 0 bridgehead atoms. The molecule has 1 heterocycles. The number of hydrogen-bond donors (Lipinski definition) is 1. The standard InChI is InChI=1S/C15H19NO3/c1-10(2)16-13(17)9-8-12(15(18)19)14(16)11-6-4-3-5-7-11/h3-7,10,12,14H,8-9H2,1-2H3,(H,18,19). The minimum Gasteiger partial charge on any atom is -0.481 e. The maximum absolute atomic E-state index is 12.1. The Bertz CT molecular complexity index is 470. The highest BCUT2D eigenvalue weighted by Crippen LogP contribution is 2.38. The first-order valence-electron chi connectivity index (χ1n) is 6.61. The molecule has 4 nitrogen and oxygen atoms in total. The number of rotatable bonds is 3. The first-order valence-corrected chi connectivity index (χ1v) is 6.61. The lowest BCUT2D eigenvalue weighted by Gasteiger charge is -2.42. The average molecular weight is 261 g/mol. The summed E-state index contributed by atoms with van der Waals surface area (Å²) in [4.78, 5) is 25.3. The molecule has 0 aromatic heterocycles. The summed E-state index contributed by atoms with van der Waals surface area (Å²) in [6.07, 6.45) is 0.732. The number of carboxylic acid groups (broad SMARTS) is 1. The molecule has 4 heteroatoms. The molecule has 2 atom stereocenters. The van der Waals surface area contributed by atoms with Gasteiger partial charge in [0.15, 0.2) is 0 Å². The Morgan fingerprint density at radius 2 is 1.95 bits per heavy atom. The number of carbonyl (C=O) groups excluding carboxylic acids is 1. The number of carbonyl (C=O) groups is 2. The van der Waals surface area contributed by atoms with Crippen molar-refractivity contribution in [2.45, 2.75) is 38.8 Å². The Labute approximate surface area is 113 Å². The van der Waals surface area contributed by atoms with Gasteiger partial charge in [0.2, 0.25) is 5.91 Å². The molecule has 2 unspecified atom stereocenters. The first-order chi connectivity index (χ1) is 9.02. The molecule has 1 N–H and O–H groups in total. The summed E-state index contributed by atoms with van der Waals surface area (Å²) < 4.78 is 0. The Morgan fingerprint density at radius 3 is 2.47 bits per heavy atom. The zero-order valence-corrected chi connectivity index (χ0v) is 11.2. The van der Waals surface area contributed by atoms with Crippen LogP contribution in [0.5, 0.6) is 0 Å². The van der Waals surface area contributed by atoms with Crippen molar-refractivity contribution < 1.29 is 14.7 Å². The van der Waals surface area contributed by atoms with Crippen molar-refractivity contribution >= 4 is 11.9 Å². The Morgan fingerprint density at radius 1 is 1.32 bits per heavy atom. The van der Waals surface area contributed by atoms with E-state index in [9.17, 15) is 14.7 Å². The van der Waals surface area contributed by atoms with Crippen LogP contribution in [0.4, 0.5) is 0 Å². The minimum atomic E-state index is -0.827. The zero-order chi connectivity index (χ0) is 14.0. The predicted octanol–water partition coefficient (Wildman–Crippen LogP) is 2.46. The molecule has 19 heavy (non-hydrogen) atoms. The van der Waals surface area contributed by atoms with Crippen LogP contribution in [0.2, 0.25) is 0 Å². The lowest BCUT2D eigenvalue weighted by Crippen LogP contribution is -2.48. The van der Waals surface area contributed by atoms with Crippen LogP contribution >= 0.6 is 0 Å². The highest BCUT2D eigenvalue weighted by Gasteiger charge is 2.41. The molecular weight excluding hydrogens is 242 g/mol. The third-order valence-corrected chi connectivity index (χ3v) is 3.65. The van der Waals surface area contributed by atoms with E-state index in [1.807, 2.05) is 44.2 Å². The molecular formula is C15H19NO3. The van der Waals surface area contributed by atoms with Gasteiger partial charge in [-0.3, -0.25) is 9.59 Å². The number of nitrogens with zero attached hydrogens (tertiary/aromatic N) is 1. The van der Waals surface area contributed by atoms with Gasteiger partial charge in [-0.2, -0.15) is 0 Å². The lowest BCUT2D eigenvalue weighted by atomic mass is 9.83. The summed E-state index contributed by atoms with van der Waals surface area (Å²) >= 11 is 0. The van der Waals surface area contributed by atoms with Crippen molar-refractivity contribution in [1.82, 2.24) is 4.90 Å². The summed E-state index contributed by atoms with van der Waals surface area (Å²) in [5, 5.41) is 9.42. The van der Waals surface area contributed by atoms with Gasteiger partial charge in [0.05, 0.1) is 12.0 Å². The number of likely N-dealkylation sites (tertiary alicyclic amines) is 1. The number of carboxylic acids is 1. The van der Waals surface area contributed by atoms with Crippen LogP contribution in [0.15, 0.2) is 30.3 Å². The highest BCUT2D eigenvalue weighted by molar-refractivity contribution is 5.82. The van der Waals surface area contributed by atoms with E-state index >= 15 is 0 Å². The summed E-state index contributed by atoms with van der Waals surface area (Å²) in [7, 11) is 0. The summed E-state index contributed by atoms with van der Waals surface area (Å²) in [5.74, 6) is -1.31. The zero-order valence-electron chi connectivity index (χ0n) is 11.2. The lowest BCUT2D eigenvalue weighted by molar-refractivity contribution is -0.153. The molecule has 0 spiro atoms. The fourth-order valence-electron chi connectivity index (χ4n) is 2.83. The van der Waals surface area contributed by atoms with Crippen LogP contribution in [-0.2, 0) is 9.59 Å². The summed E-state index contributed by atoms with van der Waals surface area (Å²) in [5.41, 5.74) is 0.900. The SMILES string of the molecule is CC(C)N1C(=O)CCC(C(=O)O)C1c1ccccc1. The van der Waals surface area contributed by atoms with E-state index in [1.165, 1.54) is 0 Å². The van der Waals surface area contributed by atoms with Crippen LogP contribution in [0, 0.1) is 5.92 Å². The second kappa shape index (κ2) is 5.43. The third-order valence-electron chi connectivity index (χ3n) is 3.65. The minimum absolute atomic E-state index is 0.000133. The molecule has 2 rings (SSSR count). The van der Waals surface area contributed by atoms with Gasteiger partial charge in [0, 0.05) is 12.5 Å². The van der Waals surface area contributed by atoms with Crippen molar-refractivity contribution in [2.24, 2.45) is 5.92 Å². The Hall–Kier alpha value is -1.84. The van der Waals surface area contributed by atoms with Gasteiger partial charge in [0.25, 0.3) is 0 Å². The van der Waals surface area contributed by atoms with E-state index in [2.05, 4.69) is 0 Å². The molecule has 1 amide bonds. The van der Waals surface area contributed by atoms with E-state index in [-0.39, 0.29) is 18.0 Å². The van der Waals surface area contributed by atoms with Gasteiger partial charge in [-0.05, 0) is 25.8 Å². The van der Waals surface area contributed by atoms with Crippen molar-refractivity contribution in [3.63, 3.8) is 0 Å². The van der Waals surface area contributed by atoms with Crippen molar-refractivity contribution in [3.8, 4) is 0 Å². The summed E-state index contributed by atoms with van der Waals surface area (Å²) in [6.45, 7) is 3.86. The van der Waals surface area contributed by atoms with Gasteiger partial charge in [-0.15, -0.1) is 0 Å². The predicted molar refractivity (Wildman–Crippen MR) is 71.5 cm³/mol. The fraction of sp³-hybridized carbons (Fsp3) is 0.467. The largest absolute Gasteiger partial charge is 0.481 e. The van der Waals surface area contributed by atoms with Crippen molar-refractivity contribution in [2.75, 3.05) is 0 Å². The second-order valence-electron chi connectivity index (χ2n) is 5.23. The average Bonchev–Trinajstić information content (AvgIpc) is 2.38. The molecule has 0 radical (unpaired) electrons. The number of benzene rings is 1. The molecule has 0 aliphatic carbocycles. The molecule has 1 fully saturated rings. The molecule has 1 saturated heterocycles. The number of aliphatic carboxylic acids is 1. The maximum atomic E-state index is 12.1. The highest BCUT2D eigenvalue weighted by atomic mass is 16.4. The third kappa shape index (κ3) is 2.62. The second-order valence-corrected chi connectivity index (χ2v) is 5.23. The molecule has 102 valence electrons. The number of piperidine rings is 1. The van der Waals surface area contributed by atoms with E-state index < -0.39 is 11.9 Å². The van der Waals surface area contributed by atoms with Gasteiger partial charge in [-0.1, -0.05) is 30.3 Å². The van der Waals surface area contributed by atoms with Crippen LogP contribution in [0.1, 0.15) is 38.3 Å². The van der Waals surface area contributed by atoms with Crippen LogP contribution in [0.3, 0.4) is 0 Å². The topological polar surface area (TPSA) is 57.6 Å². The summed E-state index contributed by atoms with van der Waals surface area (Å²) in [6, 6.07) is 9.09. The van der Waals surface area contributed by atoms with Crippen LogP contribution < -0.4 is 0 Å². The van der Waals surface area contributed by atoms with Gasteiger partial charge < -0.3 is 10.0 Å². The molecule has 1 aliphatic heterocycles. The molecule has 0 saturated carbocycles. The Kier molecular flexibility index (Phi) is 3.88. The van der Waals surface area contributed by atoms with E-state index in [4.69, 9.17) is 0 Å². The molecule has 1 aliphatic rings. The Balaban J connectivity index is 2.44. The van der Waals surface area contributed by atoms with Crippen molar-refractivity contribution in [3.05, 3.63) is 35.9 Å². The van der Waals surface area contributed by atoms with Crippen LogP contribution in [0.25, 0.3) is 0 Å². The number of hydrogen-bond acceptors (Lipinski definition) is 2. The number of amides is 1. The first kappa shape index (κ1) is 13.6. The van der Waals surface area contributed by atoms with E-state index in [1.54, 1.807) is 4.90 Å². The fourth-order valence-corrected chi connectivity index (χ4v) is 2.83. The smallest absolute Gasteiger partial charge is 0.308 e.